The lowest BCUT2D eigenvalue weighted by atomic mass is 9.90. The zero-order chi connectivity index (χ0) is 12.9. The lowest BCUT2D eigenvalue weighted by Gasteiger charge is -2.48. The van der Waals surface area contributed by atoms with Gasteiger partial charge in [0.1, 0.15) is 0 Å². The van der Waals surface area contributed by atoms with Crippen molar-refractivity contribution in [1.82, 2.24) is 4.90 Å². The van der Waals surface area contributed by atoms with Crippen molar-refractivity contribution in [2.24, 2.45) is 5.73 Å². The molecule has 0 aromatic heterocycles. The van der Waals surface area contributed by atoms with E-state index in [0.29, 0.717) is 12.1 Å². The summed E-state index contributed by atoms with van der Waals surface area (Å²) >= 11 is 0. The van der Waals surface area contributed by atoms with Crippen LogP contribution in [0.4, 0.5) is 0 Å². The first kappa shape index (κ1) is 14.9. The Bertz CT molecular complexity index is 222. The lowest BCUT2D eigenvalue weighted by molar-refractivity contribution is -0.0905. The molecule has 3 atom stereocenters. The van der Waals surface area contributed by atoms with Gasteiger partial charge in [0, 0.05) is 24.7 Å². The maximum atomic E-state index is 6.05. The normalized spacial score (nSPS) is 30.2. The Morgan fingerprint density at radius 1 is 1.35 bits per heavy atom. The molecule has 0 aromatic carbocycles. The van der Waals surface area contributed by atoms with Crippen molar-refractivity contribution >= 4 is 0 Å². The van der Waals surface area contributed by atoms with Crippen LogP contribution in [-0.2, 0) is 4.74 Å². The molecule has 1 saturated heterocycles. The molecule has 3 heteroatoms. The first-order valence-electron chi connectivity index (χ1n) is 7.12. The van der Waals surface area contributed by atoms with Crippen LogP contribution in [0.25, 0.3) is 0 Å². The van der Waals surface area contributed by atoms with E-state index in [9.17, 15) is 0 Å². The summed E-state index contributed by atoms with van der Waals surface area (Å²) < 4.78 is 5.70. The monoisotopic (exact) mass is 242 g/mol. The zero-order valence-electron chi connectivity index (χ0n) is 12.0. The van der Waals surface area contributed by atoms with Crippen LogP contribution in [0.15, 0.2) is 0 Å². The molecule has 0 amide bonds. The van der Waals surface area contributed by atoms with Gasteiger partial charge >= 0.3 is 0 Å². The fourth-order valence-electron chi connectivity index (χ4n) is 2.77. The van der Waals surface area contributed by atoms with E-state index in [1.807, 2.05) is 0 Å². The fourth-order valence-corrected chi connectivity index (χ4v) is 2.77. The van der Waals surface area contributed by atoms with Crippen LogP contribution >= 0.6 is 0 Å². The van der Waals surface area contributed by atoms with Gasteiger partial charge in [0.25, 0.3) is 0 Å². The van der Waals surface area contributed by atoms with Crippen LogP contribution in [-0.4, -0.2) is 42.3 Å². The van der Waals surface area contributed by atoms with E-state index < -0.39 is 0 Å². The molecule has 0 saturated carbocycles. The number of hydrogen-bond donors (Lipinski definition) is 1. The summed E-state index contributed by atoms with van der Waals surface area (Å²) in [5.41, 5.74) is 6.19. The van der Waals surface area contributed by atoms with Crippen molar-refractivity contribution in [1.29, 1.82) is 0 Å². The van der Waals surface area contributed by atoms with Crippen LogP contribution in [0.1, 0.15) is 53.4 Å². The Kier molecular flexibility index (Phi) is 5.90. The molecule has 0 aliphatic carbocycles. The number of hydrogen-bond acceptors (Lipinski definition) is 3. The molecule has 0 radical (unpaired) electrons. The van der Waals surface area contributed by atoms with Gasteiger partial charge in [0.2, 0.25) is 0 Å². The van der Waals surface area contributed by atoms with Gasteiger partial charge in [-0.05, 0) is 27.2 Å². The minimum Gasteiger partial charge on any atom is -0.376 e. The summed E-state index contributed by atoms with van der Waals surface area (Å²) in [6.45, 7) is 11.6. The number of nitrogens with two attached hydrogens (primary N) is 1. The summed E-state index contributed by atoms with van der Waals surface area (Å²) in [7, 11) is 0. The van der Waals surface area contributed by atoms with Gasteiger partial charge in [-0.25, -0.2) is 0 Å². The fraction of sp³-hybridized carbons (Fsp3) is 1.00. The van der Waals surface area contributed by atoms with Gasteiger partial charge in [0.15, 0.2) is 0 Å². The van der Waals surface area contributed by atoms with Crippen molar-refractivity contribution in [3.8, 4) is 0 Å². The number of ether oxygens (including phenoxy) is 1. The maximum absolute atomic E-state index is 6.05. The predicted molar refractivity (Wildman–Crippen MR) is 73.2 cm³/mol. The molecule has 1 rings (SSSR count). The van der Waals surface area contributed by atoms with E-state index in [1.54, 1.807) is 0 Å². The average Bonchev–Trinajstić information content (AvgIpc) is 2.32. The van der Waals surface area contributed by atoms with Crippen LogP contribution in [0.3, 0.4) is 0 Å². The topological polar surface area (TPSA) is 38.5 Å². The summed E-state index contributed by atoms with van der Waals surface area (Å²) in [4.78, 5) is 2.57. The highest BCUT2D eigenvalue weighted by Crippen LogP contribution is 2.27. The summed E-state index contributed by atoms with van der Waals surface area (Å²) in [6, 6.07) is 0.487. The Morgan fingerprint density at radius 2 is 2.06 bits per heavy atom. The second-order valence-corrected chi connectivity index (χ2v) is 5.80. The molecule has 102 valence electrons. The first-order chi connectivity index (χ1) is 8.03. The smallest absolute Gasteiger partial charge is 0.0675 e. The van der Waals surface area contributed by atoms with Gasteiger partial charge < -0.3 is 10.5 Å². The standard InChI is InChI=1S/C14H30N2O/c1-5-6-7-8-14(4,11-15)16-9-13(3)17-10-12(16)2/h12-13H,5-11,15H2,1-4H3. The average molecular weight is 242 g/mol. The van der Waals surface area contributed by atoms with Crippen molar-refractivity contribution in [2.75, 3.05) is 19.7 Å². The predicted octanol–water partition coefficient (Wildman–Crippen LogP) is 2.39. The highest BCUT2D eigenvalue weighted by molar-refractivity contribution is 4.92. The largest absolute Gasteiger partial charge is 0.376 e. The lowest BCUT2D eigenvalue weighted by Crippen LogP contribution is -2.60. The van der Waals surface area contributed by atoms with Gasteiger partial charge in [0.05, 0.1) is 12.7 Å². The molecule has 0 aromatic rings. The third-order valence-electron chi connectivity index (χ3n) is 4.06. The summed E-state index contributed by atoms with van der Waals surface area (Å²) in [5, 5.41) is 0. The molecule has 3 unspecified atom stereocenters. The molecule has 3 nitrogen and oxygen atoms in total. The molecule has 1 aliphatic rings. The van der Waals surface area contributed by atoms with E-state index >= 15 is 0 Å². The number of morpholine rings is 1. The number of unbranched alkanes of at least 4 members (excludes halogenated alkanes) is 2. The molecular weight excluding hydrogens is 212 g/mol. The first-order valence-corrected chi connectivity index (χ1v) is 7.12. The molecule has 1 fully saturated rings. The summed E-state index contributed by atoms with van der Waals surface area (Å²) in [6.07, 6.45) is 5.40. The van der Waals surface area contributed by atoms with E-state index in [2.05, 4.69) is 32.6 Å². The Morgan fingerprint density at radius 3 is 2.65 bits per heavy atom. The Balaban J connectivity index is 2.62. The molecular formula is C14H30N2O. The van der Waals surface area contributed by atoms with Gasteiger partial charge in [-0.2, -0.15) is 0 Å². The maximum Gasteiger partial charge on any atom is 0.0675 e. The molecule has 0 spiro atoms. The number of nitrogens with zero attached hydrogens (tertiary/aromatic N) is 1. The minimum absolute atomic E-state index is 0.145. The molecule has 0 bridgehead atoms. The highest BCUT2D eigenvalue weighted by Gasteiger charge is 2.36. The third-order valence-corrected chi connectivity index (χ3v) is 4.06. The number of rotatable bonds is 6. The van der Waals surface area contributed by atoms with E-state index in [1.165, 1.54) is 25.7 Å². The van der Waals surface area contributed by atoms with Gasteiger partial charge in [-0.3, -0.25) is 4.90 Å². The van der Waals surface area contributed by atoms with Gasteiger partial charge in [-0.1, -0.05) is 26.2 Å². The van der Waals surface area contributed by atoms with Crippen molar-refractivity contribution in [3.63, 3.8) is 0 Å². The Labute approximate surface area is 107 Å². The highest BCUT2D eigenvalue weighted by atomic mass is 16.5. The van der Waals surface area contributed by atoms with Crippen LogP contribution < -0.4 is 5.73 Å². The van der Waals surface area contributed by atoms with Crippen LogP contribution in [0, 0.1) is 0 Å². The second-order valence-electron chi connectivity index (χ2n) is 5.80. The third kappa shape index (κ3) is 3.94. The molecule has 2 N–H and O–H groups in total. The molecule has 1 aliphatic heterocycles. The minimum atomic E-state index is 0.145. The second kappa shape index (κ2) is 6.72. The SMILES string of the molecule is CCCCCC(C)(CN)N1CC(C)OCC1C. The van der Waals surface area contributed by atoms with Crippen LogP contribution in [0.2, 0.25) is 0 Å². The van der Waals surface area contributed by atoms with Crippen molar-refractivity contribution in [3.05, 3.63) is 0 Å². The quantitative estimate of drug-likeness (QED) is 0.727. The Hall–Kier alpha value is -0.120. The van der Waals surface area contributed by atoms with E-state index in [4.69, 9.17) is 10.5 Å². The van der Waals surface area contributed by atoms with Crippen molar-refractivity contribution in [2.45, 2.75) is 71.1 Å². The van der Waals surface area contributed by atoms with Crippen molar-refractivity contribution < 1.29 is 4.74 Å². The molecule has 1 heterocycles. The van der Waals surface area contributed by atoms with E-state index in [0.717, 1.165) is 19.7 Å². The van der Waals surface area contributed by atoms with Crippen LogP contribution in [0.5, 0.6) is 0 Å². The molecule has 17 heavy (non-hydrogen) atoms. The summed E-state index contributed by atoms with van der Waals surface area (Å²) in [5.74, 6) is 0. The zero-order valence-corrected chi connectivity index (χ0v) is 12.0. The van der Waals surface area contributed by atoms with Gasteiger partial charge in [-0.15, -0.1) is 0 Å². The van der Waals surface area contributed by atoms with E-state index in [-0.39, 0.29) is 5.54 Å².